The van der Waals surface area contributed by atoms with Crippen molar-refractivity contribution in [1.82, 2.24) is 0 Å². The second-order valence-electron chi connectivity index (χ2n) is 5.09. The lowest BCUT2D eigenvalue weighted by Gasteiger charge is -2.09. The summed E-state index contributed by atoms with van der Waals surface area (Å²) < 4.78 is 66.7. The number of halogens is 3. The van der Waals surface area contributed by atoms with E-state index in [4.69, 9.17) is 0 Å². The minimum atomic E-state index is -4.44. The maximum atomic E-state index is 13.8. The molecule has 0 spiro atoms. The Morgan fingerprint density at radius 1 is 0.923 bits per heavy atom. The van der Waals surface area contributed by atoms with Gasteiger partial charge in [0.1, 0.15) is 4.90 Å². The normalized spacial score (nSPS) is 10.9. The molecular weight excluding hydrogens is 383 g/mol. The van der Waals surface area contributed by atoms with E-state index in [-0.39, 0.29) is 5.69 Å². The van der Waals surface area contributed by atoms with Crippen LogP contribution in [0.3, 0.4) is 0 Å². The SMILES string of the molecule is O=S(=O)(Nc1cccc(C#Cc2cccs2)c1)c1ccc(F)c(F)c1F. The van der Waals surface area contributed by atoms with Crippen LogP contribution in [0.25, 0.3) is 0 Å². The Morgan fingerprint density at radius 3 is 2.46 bits per heavy atom. The molecule has 3 nitrogen and oxygen atoms in total. The predicted molar refractivity (Wildman–Crippen MR) is 93.9 cm³/mol. The first-order valence-corrected chi connectivity index (χ1v) is 9.55. The Kier molecular flexibility index (Phi) is 5.02. The standard InChI is InChI=1S/C18H10F3NO2S2/c19-15-8-9-16(18(21)17(15)20)26(23,24)22-13-4-1-3-12(11-13)6-7-14-5-2-10-25-14/h1-5,8-11,22H. The quantitative estimate of drug-likeness (QED) is 0.531. The van der Waals surface area contributed by atoms with Gasteiger partial charge in [0, 0.05) is 5.56 Å². The van der Waals surface area contributed by atoms with Gasteiger partial charge in [-0.05, 0) is 41.8 Å². The van der Waals surface area contributed by atoms with E-state index in [0.717, 1.165) is 4.88 Å². The van der Waals surface area contributed by atoms with Crippen molar-refractivity contribution >= 4 is 27.0 Å². The van der Waals surface area contributed by atoms with Crippen LogP contribution in [0.5, 0.6) is 0 Å². The molecule has 0 unspecified atom stereocenters. The number of sulfonamides is 1. The van der Waals surface area contributed by atoms with Gasteiger partial charge in [-0.25, -0.2) is 21.6 Å². The van der Waals surface area contributed by atoms with Crippen molar-refractivity contribution in [3.05, 3.63) is 81.8 Å². The largest absolute Gasteiger partial charge is 0.279 e. The third-order valence-electron chi connectivity index (χ3n) is 3.26. The molecule has 0 atom stereocenters. The highest BCUT2D eigenvalue weighted by molar-refractivity contribution is 7.92. The van der Waals surface area contributed by atoms with Gasteiger partial charge in [-0.3, -0.25) is 4.72 Å². The lowest BCUT2D eigenvalue weighted by Crippen LogP contribution is -2.15. The molecule has 1 N–H and O–H groups in total. The van der Waals surface area contributed by atoms with Crippen molar-refractivity contribution < 1.29 is 21.6 Å². The molecule has 26 heavy (non-hydrogen) atoms. The van der Waals surface area contributed by atoms with Gasteiger partial charge in [-0.15, -0.1) is 11.3 Å². The number of hydrogen-bond acceptors (Lipinski definition) is 3. The van der Waals surface area contributed by atoms with Gasteiger partial charge in [-0.1, -0.05) is 24.0 Å². The van der Waals surface area contributed by atoms with Gasteiger partial charge < -0.3 is 0 Å². The predicted octanol–water partition coefficient (Wildman–Crippen LogP) is 4.37. The fourth-order valence-electron chi connectivity index (χ4n) is 2.07. The Balaban J connectivity index is 1.89. The highest BCUT2D eigenvalue weighted by atomic mass is 32.2. The van der Waals surface area contributed by atoms with Gasteiger partial charge in [0.25, 0.3) is 10.0 Å². The Bertz CT molecular complexity index is 1120. The highest BCUT2D eigenvalue weighted by Crippen LogP contribution is 2.22. The van der Waals surface area contributed by atoms with E-state index in [9.17, 15) is 21.6 Å². The lowest BCUT2D eigenvalue weighted by molar-refractivity contribution is 0.432. The number of thiophene rings is 1. The lowest BCUT2D eigenvalue weighted by atomic mass is 10.2. The second kappa shape index (κ2) is 7.23. The van der Waals surface area contributed by atoms with Gasteiger partial charge in [0.15, 0.2) is 17.5 Å². The molecule has 0 aliphatic rings. The summed E-state index contributed by atoms with van der Waals surface area (Å²) >= 11 is 1.46. The van der Waals surface area contributed by atoms with E-state index >= 15 is 0 Å². The van der Waals surface area contributed by atoms with E-state index in [0.29, 0.717) is 17.7 Å². The van der Waals surface area contributed by atoms with E-state index < -0.39 is 32.4 Å². The maximum absolute atomic E-state index is 13.8. The number of nitrogens with one attached hydrogen (secondary N) is 1. The number of anilines is 1. The zero-order valence-electron chi connectivity index (χ0n) is 13.0. The first-order chi connectivity index (χ1) is 12.4. The van der Waals surface area contributed by atoms with Crippen molar-refractivity contribution in [3.63, 3.8) is 0 Å². The number of benzene rings is 2. The minimum absolute atomic E-state index is 0.118. The van der Waals surface area contributed by atoms with E-state index in [1.807, 2.05) is 17.5 Å². The molecule has 2 aromatic carbocycles. The summed E-state index contributed by atoms with van der Waals surface area (Å²) in [4.78, 5) is -0.133. The summed E-state index contributed by atoms with van der Waals surface area (Å²) in [6, 6.07) is 11.0. The van der Waals surface area contributed by atoms with E-state index in [1.165, 1.54) is 23.5 Å². The molecule has 0 bridgehead atoms. The molecule has 0 saturated heterocycles. The fraction of sp³-hybridized carbons (Fsp3) is 0. The van der Waals surface area contributed by atoms with Crippen molar-refractivity contribution in [3.8, 4) is 11.8 Å². The van der Waals surface area contributed by atoms with Gasteiger partial charge in [0.2, 0.25) is 0 Å². The van der Waals surface area contributed by atoms with Crippen LogP contribution in [0.2, 0.25) is 0 Å². The topological polar surface area (TPSA) is 46.2 Å². The molecule has 0 amide bonds. The summed E-state index contributed by atoms with van der Waals surface area (Å²) in [5.41, 5.74) is 0.650. The third-order valence-corrected chi connectivity index (χ3v) is 5.44. The smallest absolute Gasteiger partial charge is 0.264 e. The van der Waals surface area contributed by atoms with Crippen LogP contribution >= 0.6 is 11.3 Å². The monoisotopic (exact) mass is 393 g/mol. The summed E-state index contributed by atoms with van der Waals surface area (Å²) in [5.74, 6) is 0.727. The molecular formula is C18H10F3NO2S2. The van der Waals surface area contributed by atoms with Crippen molar-refractivity contribution in [2.75, 3.05) is 4.72 Å². The first-order valence-electron chi connectivity index (χ1n) is 7.19. The molecule has 3 aromatic rings. The summed E-state index contributed by atoms with van der Waals surface area (Å²) in [6.45, 7) is 0. The average Bonchev–Trinajstić information content (AvgIpc) is 3.11. The van der Waals surface area contributed by atoms with Crippen LogP contribution in [0.15, 0.2) is 58.8 Å². The maximum Gasteiger partial charge on any atom is 0.264 e. The van der Waals surface area contributed by atoms with Crippen molar-refractivity contribution in [2.45, 2.75) is 4.90 Å². The second-order valence-corrected chi connectivity index (χ2v) is 7.69. The Morgan fingerprint density at radius 2 is 1.73 bits per heavy atom. The first kappa shape index (κ1) is 18.0. The van der Waals surface area contributed by atoms with E-state index in [1.54, 1.807) is 12.1 Å². The average molecular weight is 393 g/mol. The fourth-order valence-corrected chi connectivity index (χ4v) is 3.76. The molecule has 3 rings (SSSR count). The zero-order valence-corrected chi connectivity index (χ0v) is 14.6. The molecule has 0 aliphatic carbocycles. The van der Waals surface area contributed by atoms with Crippen LogP contribution in [0.4, 0.5) is 18.9 Å². The molecule has 0 radical (unpaired) electrons. The number of hydrogen-bond donors (Lipinski definition) is 1. The summed E-state index contributed by atoms with van der Waals surface area (Å²) in [5, 5.41) is 1.88. The van der Waals surface area contributed by atoms with Crippen molar-refractivity contribution in [1.29, 1.82) is 0 Å². The highest BCUT2D eigenvalue weighted by Gasteiger charge is 2.24. The molecule has 132 valence electrons. The molecule has 8 heteroatoms. The molecule has 1 aromatic heterocycles. The van der Waals surface area contributed by atoms with E-state index in [2.05, 4.69) is 16.6 Å². The van der Waals surface area contributed by atoms with Crippen molar-refractivity contribution in [2.24, 2.45) is 0 Å². The molecule has 0 aliphatic heterocycles. The van der Waals surface area contributed by atoms with Crippen LogP contribution in [0.1, 0.15) is 10.4 Å². The van der Waals surface area contributed by atoms with Crippen LogP contribution in [0, 0.1) is 29.3 Å². The summed E-state index contributed by atoms with van der Waals surface area (Å²) in [6.07, 6.45) is 0. The van der Waals surface area contributed by atoms with Gasteiger partial charge in [-0.2, -0.15) is 0 Å². The summed E-state index contributed by atoms with van der Waals surface area (Å²) in [7, 11) is -4.44. The third kappa shape index (κ3) is 3.90. The zero-order chi connectivity index (χ0) is 18.7. The van der Waals surface area contributed by atoms with Crippen LogP contribution in [-0.4, -0.2) is 8.42 Å². The van der Waals surface area contributed by atoms with Gasteiger partial charge in [0.05, 0.1) is 10.6 Å². The minimum Gasteiger partial charge on any atom is -0.279 e. The molecule has 1 heterocycles. The molecule has 0 fully saturated rings. The number of rotatable bonds is 3. The van der Waals surface area contributed by atoms with Gasteiger partial charge >= 0.3 is 0 Å². The van der Waals surface area contributed by atoms with Crippen LogP contribution in [-0.2, 0) is 10.0 Å². The Hall–Kier alpha value is -2.76. The Labute approximate surface area is 152 Å². The van der Waals surface area contributed by atoms with Crippen LogP contribution < -0.4 is 4.72 Å². The molecule has 0 saturated carbocycles.